The zero-order valence-electron chi connectivity index (χ0n) is 14.6. The van der Waals surface area contributed by atoms with E-state index < -0.39 is 17.5 Å². The van der Waals surface area contributed by atoms with Crippen LogP contribution in [0.1, 0.15) is 44.4 Å². The average Bonchev–Trinajstić information content (AvgIpc) is 3.30. The van der Waals surface area contributed by atoms with Crippen molar-refractivity contribution in [2.75, 3.05) is 6.54 Å². The van der Waals surface area contributed by atoms with Crippen molar-refractivity contribution < 1.29 is 18.8 Å². The summed E-state index contributed by atoms with van der Waals surface area (Å²) in [6.07, 6.45) is 3.11. The van der Waals surface area contributed by atoms with E-state index in [0.717, 1.165) is 28.7 Å². The number of hydrogen-bond acceptors (Lipinski definition) is 4. The number of benzene rings is 1. The van der Waals surface area contributed by atoms with Crippen molar-refractivity contribution >= 4 is 28.8 Å². The number of para-hydroxylation sites is 1. The maximum absolute atomic E-state index is 12.6. The van der Waals surface area contributed by atoms with Crippen molar-refractivity contribution in [3.05, 3.63) is 36.1 Å². The Morgan fingerprint density at radius 3 is 2.77 bits per heavy atom. The first-order valence-electron chi connectivity index (χ1n) is 8.90. The Morgan fingerprint density at radius 2 is 2.04 bits per heavy atom. The minimum atomic E-state index is -0.790. The molecule has 1 aliphatic heterocycles. The molecular formula is C19H21N3O4. The van der Waals surface area contributed by atoms with Crippen molar-refractivity contribution in [2.45, 2.75) is 44.2 Å². The molecule has 2 heterocycles. The van der Waals surface area contributed by atoms with Gasteiger partial charge < -0.3 is 15.1 Å². The van der Waals surface area contributed by atoms with Crippen molar-refractivity contribution in [3.8, 4) is 0 Å². The molecule has 2 aromatic rings. The van der Waals surface area contributed by atoms with Crippen LogP contribution in [-0.2, 0) is 9.59 Å². The molecule has 1 unspecified atom stereocenters. The van der Waals surface area contributed by atoms with Crippen molar-refractivity contribution in [1.82, 2.24) is 15.5 Å². The third-order valence-corrected chi connectivity index (χ3v) is 5.25. The Bertz CT molecular complexity index is 849. The topological polar surface area (TPSA) is 91.7 Å². The minimum absolute atomic E-state index is 0.281. The van der Waals surface area contributed by atoms with Crippen molar-refractivity contribution in [1.29, 1.82) is 0 Å². The summed E-state index contributed by atoms with van der Waals surface area (Å²) in [7, 11) is 0. The predicted octanol–water partition coefficient (Wildman–Crippen LogP) is 2.47. The molecule has 7 heteroatoms. The lowest BCUT2D eigenvalue weighted by molar-refractivity contribution is -0.135. The van der Waals surface area contributed by atoms with E-state index in [4.69, 9.17) is 4.42 Å². The molecule has 1 aromatic heterocycles. The molecule has 2 aliphatic rings. The molecule has 2 fully saturated rings. The Hall–Kier alpha value is -2.83. The second-order valence-electron chi connectivity index (χ2n) is 7.09. The molecule has 1 saturated heterocycles. The Morgan fingerprint density at radius 1 is 1.31 bits per heavy atom. The lowest BCUT2D eigenvalue weighted by atomic mass is 9.98. The van der Waals surface area contributed by atoms with Crippen molar-refractivity contribution in [3.63, 3.8) is 0 Å². The van der Waals surface area contributed by atoms with Crippen LogP contribution in [0.15, 0.2) is 34.7 Å². The Kier molecular flexibility index (Phi) is 3.94. The third kappa shape index (κ3) is 2.73. The number of amides is 4. The van der Waals surface area contributed by atoms with Crippen LogP contribution in [0.2, 0.25) is 0 Å². The van der Waals surface area contributed by atoms with E-state index in [0.29, 0.717) is 18.6 Å². The lowest BCUT2D eigenvalue weighted by Crippen LogP contribution is -2.45. The van der Waals surface area contributed by atoms with Gasteiger partial charge in [-0.15, -0.1) is 0 Å². The molecule has 1 spiro atoms. The van der Waals surface area contributed by atoms with Crippen LogP contribution < -0.4 is 10.6 Å². The third-order valence-electron chi connectivity index (χ3n) is 5.25. The second-order valence-corrected chi connectivity index (χ2v) is 7.09. The summed E-state index contributed by atoms with van der Waals surface area (Å²) in [5.74, 6) is -0.0490. The standard InChI is InChI=1S/C19H21N3O4/c1-12(15-10-13-6-2-3-7-14(13)26-15)20-16(23)11-22-17(24)19(21-18(22)25)8-4-5-9-19/h2-3,6-7,10,12H,4-5,8-9,11H2,1H3,(H,20,23)(H,21,25). The zero-order valence-corrected chi connectivity index (χ0v) is 14.6. The highest BCUT2D eigenvalue weighted by Gasteiger charge is 2.52. The summed E-state index contributed by atoms with van der Waals surface area (Å²) < 4.78 is 5.74. The first-order chi connectivity index (χ1) is 12.5. The number of fused-ring (bicyclic) bond motifs is 1. The zero-order chi connectivity index (χ0) is 18.3. The quantitative estimate of drug-likeness (QED) is 0.824. The van der Waals surface area contributed by atoms with E-state index in [9.17, 15) is 14.4 Å². The first kappa shape index (κ1) is 16.6. The molecule has 0 bridgehead atoms. The van der Waals surface area contributed by atoms with Gasteiger partial charge >= 0.3 is 6.03 Å². The number of furan rings is 1. The lowest BCUT2D eigenvalue weighted by Gasteiger charge is -2.20. The number of nitrogens with one attached hydrogen (secondary N) is 2. The van der Waals surface area contributed by atoms with Crippen LogP contribution in [0.25, 0.3) is 11.0 Å². The molecule has 1 atom stereocenters. The molecule has 136 valence electrons. The SMILES string of the molecule is CC(NC(=O)CN1C(=O)NC2(CCCC2)C1=O)c1cc2ccccc2o1. The fraction of sp³-hybridized carbons (Fsp3) is 0.421. The van der Waals surface area contributed by atoms with Gasteiger partial charge in [0, 0.05) is 5.39 Å². The molecule has 4 rings (SSSR count). The Balaban J connectivity index is 1.42. The van der Waals surface area contributed by atoms with Crippen LogP contribution in [0.4, 0.5) is 4.79 Å². The van der Waals surface area contributed by atoms with Gasteiger partial charge in [-0.2, -0.15) is 0 Å². The van der Waals surface area contributed by atoms with Crippen molar-refractivity contribution in [2.24, 2.45) is 0 Å². The highest BCUT2D eigenvalue weighted by molar-refractivity contribution is 6.09. The summed E-state index contributed by atoms with van der Waals surface area (Å²) in [6.45, 7) is 1.52. The second kappa shape index (κ2) is 6.16. The van der Waals surface area contributed by atoms with E-state index in [1.54, 1.807) is 6.92 Å². The van der Waals surface area contributed by atoms with Crippen LogP contribution in [0.5, 0.6) is 0 Å². The van der Waals surface area contributed by atoms with E-state index in [1.807, 2.05) is 30.3 Å². The van der Waals surface area contributed by atoms with Gasteiger partial charge in [-0.1, -0.05) is 31.0 Å². The molecule has 26 heavy (non-hydrogen) atoms. The largest absolute Gasteiger partial charge is 0.459 e. The number of imide groups is 1. The molecule has 4 amide bonds. The summed E-state index contributed by atoms with van der Waals surface area (Å²) in [5, 5.41) is 6.53. The molecule has 1 aromatic carbocycles. The number of carbonyl (C=O) groups is 3. The monoisotopic (exact) mass is 355 g/mol. The van der Waals surface area contributed by atoms with Gasteiger partial charge in [0.05, 0.1) is 6.04 Å². The molecule has 1 saturated carbocycles. The van der Waals surface area contributed by atoms with Crippen LogP contribution in [0, 0.1) is 0 Å². The number of rotatable bonds is 4. The smallest absolute Gasteiger partial charge is 0.325 e. The highest BCUT2D eigenvalue weighted by atomic mass is 16.3. The maximum Gasteiger partial charge on any atom is 0.325 e. The molecular weight excluding hydrogens is 334 g/mol. The van der Waals surface area contributed by atoms with Gasteiger partial charge in [-0.3, -0.25) is 14.5 Å². The maximum atomic E-state index is 12.6. The molecule has 1 aliphatic carbocycles. The highest BCUT2D eigenvalue weighted by Crippen LogP contribution is 2.35. The van der Waals surface area contributed by atoms with E-state index >= 15 is 0 Å². The van der Waals surface area contributed by atoms with Gasteiger partial charge in [0.2, 0.25) is 5.91 Å². The van der Waals surface area contributed by atoms with E-state index in [-0.39, 0.29) is 18.5 Å². The summed E-state index contributed by atoms with van der Waals surface area (Å²) in [6, 6.07) is 8.63. The van der Waals surface area contributed by atoms with E-state index in [1.165, 1.54) is 0 Å². The Labute approximate surface area is 150 Å². The molecule has 0 radical (unpaired) electrons. The normalized spacial score (nSPS) is 20.0. The number of hydrogen-bond donors (Lipinski definition) is 2. The number of carbonyl (C=O) groups excluding carboxylic acids is 3. The van der Waals surface area contributed by atoms with Gasteiger partial charge in [-0.25, -0.2) is 4.79 Å². The predicted molar refractivity (Wildman–Crippen MR) is 94.2 cm³/mol. The van der Waals surface area contributed by atoms with E-state index in [2.05, 4.69) is 10.6 Å². The number of urea groups is 1. The first-order valence-corrected chi connectivity index (χ1v) is 8.90. The minimum Gasteiger partial charge on any atom is -0.459 e. The molecule has 7 nitrogen and oxygen atoms in total. The summed E-state index contributed by atoms with van der Waals surface area (Å²) >= 11 is 0. The van der Waals surface area contributed by atoms with Gasteiger partial charge in [0.1, 0.15) is 23.4 Å². The average molecular weight is 355 g/mol. The summed E-state index contributed by atoms with van der Waals surface area (Å²) in [5.41, 5.74) is -0.0392. The fourth-order valence-electron chi connectivity index (χ4n) is 3.85. The summed E-state index contributed by atoms with van der Waals surface area (Å²) in [4.78, 5) is 38.1. The number of nitrogens with zero attached hydrogens (tertiary/aromatic N) is 1. The molecule has 2 N–H and O–H groups in total. The van der Waals surface area contributed by atoms with Crippen LogP contribution in [0.3, 0.4) is 0 Å². The van der Waals surface area contributed by atoms with Crippen LogP contribution in [-0.4, -0.2) is 34.8 Å². The van der Waals surface area contributed by atoms with Gasteiger partial charge in [0.15, 0.2) is 0 Å². The van der Waals surface area contributed by atoms with Crippen LogP contribution >= 0.6 is 0 Å². The fourth-order valence-corrected chi connectivity index (χ4v) is 3.85. The van der Waals surface area contributed by atoms with Gasteiger partial charge in [-0.05, 0) is 31.9 Å². The van der Waals surface area contributed by atoms with Gasteiger partial charge in [0.25, 0.3) is 5.91 Å².